The third-order valence-corrected chi connectivity index (χ3v) is 3.62. The quantitative estimate of drug-likeness (QED) is 0.714. The van der Waals surface area contributed by atoms with E-state index in [1.807, 2.05) is 6.07 Å². The third-order valence-electron chi connectivity index (χ3n) is 3.62. The summed E-state index contributed by atoms with van der Waals surface area (Å²) in [6, 6.07) is 11.2. The lowest BCUT2D eigenvalue weighted by Crippen LogP contribution is -2.05. The first kappa shape index (κ1) is 17.4. The maximum atomic E-state index is 12.7. The molecule has 8 heteroatoms. The third kappa shape index (κ3) is 4.13. The van der Waals surface area contributed by atoms with E-state index >= 15 is 0 Å². The highest BCUT2D eigenvalue weighted by atomic mass is 19.4. The standard InChI is InChI=1S/C18H12F3N5/c19-18(20,21)16-5-6-17(24-9-16)7-15(10-26-12-23-11-25-26)14-3-1-13(8-22)2-4-14/h1-7,9,11-12H,10H2. The van der Waals surface area contributed by atoms with Crippen LogP contribution >= 0.6 is 0 Å². The van der Waals surface area contributed by atoms with E-state index in [9.17, 15) is 13.2 Å². The van der Waals surface area contributed by atoms with Crippen molar-refractivity contribution in [2.24, 2.45) is 0 Å². The summed E-state index contributed by atoms with van der Waals surface area (Å²) < 4.78 is 39.6. The Balaban J connectivity index is 1.96. The van der Waals surface area contributed by atoms with E-state index in [1.165, 1.54) is 18.7 Å². The molecule has 0 aliphatic rings. The fourth-order valence-corrected chi connectivity index (χ4v) is 2.30. The predicted molar refractivity (Wildman–Crippen MR) is 88.3 cm³/mol. The van der Waals surface area contributed by atoms with Crippen LogP contribution in [0.1, 0.15) is 22.4 Å². The summed E-state index contributed by atoms with van der Waals surface area (Å²) in [4.78, 5) is 7.76. The van der Waals surface area contributed by atoms with Crippen molar-refractivity contribution in [3.63, 3.8) is 0 Å². The first-order valence-electron chi connectivity index (χ1n) is 7.52. The number of nitriles is 1. The van der Waals surface area contributed by atoms with Crippen LogP contribution in [-0.2, 0) is 12.7 Å². The van der Waals surface area contributed by atoms with E-state index in [0.717, 1.165) is 23.4 Å². The highest BCUT2D eigenvalue weighted by molar-refractivity contribution is 5.80. The van der Waals surface area contributed by atoms with Crippen molar-refractivity contribution in [2.45, 2.75) is 12.7 Å². The van der Waals surface area contributed by atoms with Crippen molar-refractivity contribution in [3.8, 4) is 6.07 Å². The summed E-state index contributed by atoms with van der Waals surface area (Å²) >= 11 is 0. The zero-order chi connectivity index (χ0) is 18.6. The maximum absolute atomic E-state index is 12.7. The Morgan fingerprint density at radius 1 is 1.15 bits per heavy atom. The second-order valence-electron chi connectivity index (χ2n) is 5.42. The molecule has 26 heavy (non-hydrogen) atoms. The molecule has 0 amide bonds. The van der Waals surface area contributed by atoms with Crippen LogP contribution in [0.3, 0.4) is 0 Å². The Bertz CT molecular complexity index is 934. The van der Waals surface area contributed by atoms with Crippen molar-refractivity contribution in [3.05, 3.63) is 77.6 Å². The minimum Gasteiger partial charge on any atom is -0.256 e. The number of benzene rings is 1. The molecule has 2 heterocycles. The van der Waals surface area contributed by atoms with Crippen LogP contribution in [0, 0.1) is 11.3 Å². The van der Waals surface area contributed by atoms with Gasteiger partial charge in [0.2, 0.25) is 0 Å². The lowest BCUT2D eigenvalue weighted by atomic mass is 10.0. The molecule has 0 bridgehead atoms. The van der Waals surface area contributed by atoms with Gasteiger partial charge in [0.05, 0.1) is 29.4 Å². The van der Waals surface area contributed by atoms with Gasteiger partial charge in [-0.3, -0.25) is 4.98 Å². The van der Waals surface area contributed by atoms with Crippen LogP contribution < -0.4 is 0 Å². The molecule has 3 aromatic rings. The molecule has 5 nitrogen and oxygen atoms in total. The van der Waals surface area contributed by atoms with E-state index in [-0.39, 0.29) is 0 Å². The Hall–Kier alpha value is -3.47. The summed E-state index contributed by atoms with van der Waals surface area (Å²) in [7, 11) is 0. The molecule has 0 fully saturated rings. The highest BCUT2D eigenvalue weighted by Gasteiger charge is 2.30. The lowest BCUT2D eigenvalue weighted by molar-refractivity contribution is -0.137. The van der Waals surface area contributed by atoms with Gasteiger partial charge in [-0.15, -0.1) is 0 Å². The number of alkyl halides is 3. The van der Waals surface area contributed by atoms with Gasteiger partial charge in [0.1, 0.15) is 12.7 Å². The number of nitrogens with zero attached hydrogens (tertiary/aromatic N) is 5. The van der Waals surface area contributed by atoms with E-state index in [0.29, 0.717) is 17.8 Å². The summed E-state index contributed by atoms with van der Waals surface area (Å²) in [5.41, 5.74) is 1.68. The van der Waals surface area contributed by atoms with Gasteiger partial charge in [0.15, 0.2) is 0 Å². The number of hydrogen-bond acceptors (Lipinski definition) is 4. The number of aromatic nitrogens is 4. The molecule has 0 saturated heterocycles. The molecule has 0 aliphatic carbocycles. The van der Waals surface area contributed by atoms with Crippen LogP contribution in [-0.4, -0.2) is 19.7 Å². The molecule has 0 aliphatic heterocycles. The Kier molecular flexibility index (Phi) is 4.80. The summed E-state index contributed by atoms with van der Waals surface area (Å²) in [5, 5.41) is 13.0. The molecule has 0 unspecified atom stereocenters. The van der Waals surface area contributed by atoms with Gasteiger partial charge in [0.25, 0.3) is 0 Å². The average Bonchev–Trinajstić information content (AvgIpc) is 3.14. The predicted octanol–water partition coefficient (Wildman–Crippen LogP) is 3.80. The second kappa shape index (κ2) is 7.19. The molecule has 1 aromatic carbocycles. The van der Waals surface area contributed by atoms with Gasteiger partial charge in [-0.2, -0.15) is 23.5 Å². The average molecular weight is 355 g/mol. The molecular formula is C18H12F3N5. The highest BCUT2D eigenvalue weighted by Crippen LogP contribution is 2.29. The molecule has 0 saturated carbocycles. The fourth-order valence-electron chi connectivity index (χ4n) is 2.30. The van der Waals surface area contributed by atoms with Crippen molar-refractivity contribution in [2.75, 3.05) is 0 Å². The van der Waals surface area contributed by atoms with E-state index in [4.69, 9.17) is 5.26 Å². The molecule has 130 valence electrons. The lowest BCUT2D eigenvalue weighted by Gasteiger charge is -2.09. The number of hydrogen-bond donors (Lipinski definition) is 0. The molecule has 0 spiro atoms. The number of rotatable bonds is 4. The molecule has 0 atom stereocenters. The van der Waals surface area contributed by atoms with Crippen LogP contribution in [0.25, 0.3) is 11.6 Å². The molecule has 3 rings (SSSR count). The fraction of sp³-hybridized carbons (Fsp3) is 0.111. The van der Waals surface area contributed by atoms with Gasteiger partial charge in [-0.1, -0.05) is 12.1 Å². The van der Waals surface area contributed by atoms with Crippen LogP contribution in [0.15, 0.2) is 55.2 Å². The zero-order valence-electron chi connectivity index (χ0n) is 13.4. The second-order valence-corrected chi connectivity index (χ2v) is 5.42. The Morgan fingerprint density at radius 3 is 2.46 bits per heavy atom. The van der Waals surface area contributed by atoms with Gasteiger partial charge in [-0.05, 0) is 41.5 Å². The van der Waals surface area contributed by atoms with Crippen LogP contribution in [0.4, 0.5) is 13.2 Å². The first-order chi connectivity index (χ1) is 12.5. The van der Waals surface area contributed by atoms with Crippen LogP contribution in [0.2, 0.25) is 0 Å². The largest absolute Gasteiger partial charge is 0.417 e. The van der Waals surface area contributed by atoms with Crippen molar-refractivity contribution >= 4 is 11.6 Å². The maximum Gasteiger partial charge on any atom is 0.417 e. The number of allylic oxidation sites excluding steroid dienone is 1. The van der Waals surface area contributed by atoms with Crippen LogP contribution in [0.5, 0.6) is 0 Å². The number of pyridine rings is 1. The minimum absolute atomic E-state index is 0.356. The van der Waals surface area contributed by atoms with Gasteiger partial charge in [-0.25, -0.2) is 9.67 Å². The van der Waals surface area contributed by atoms with Gasteiger partial charge in [0, 0.05) is 6.20 Å². The van der Waals surface area contributed by atoms with Crippen molar-refractivity contribution in [1.29, 1.82) is 5.26 Å². The Morgan fingerprint density at radius 2 is 1.92 bits per heavy atom. The molecular weight excluding hydrogens is 343 g/mol. The van der Waals surface area contributed by atoms with Crippen molar-refractivity contribution in [1.82, 2.24) is 19.7 Å². The van der Waals surface area contributed by atoms with E-state index < -0.39 is 11.7 Å². The molecule has 0 N–H and O–H groups in total. The SMILES string of the molecule is N#Cc1ccc(C(=Cc2ccc(C(F)(F)F)cn2)Cn2cncn2)cc1. The van der Waals surface area contributed by atoms with Gasteiger partial charge < -0.3 is 0 Å². The number of halogens is 3. The van der Waals surface area contributed by atoms with Crippen molar-refractivity contribution < 1.29 is 13.2 Å². The Labute approximate surface area is 147 Å². The van der Waals surface area contributed by atoms with Gasteiger partial charge >= 0.3 is 6.18 Å². The summed E-state index contributed by atoms with van der Waals surface area (Å²) in [6.45, 7) is 0.356. The topological polar surface area (TPSA) is 67.4 Å². The smallest absolute Gasteiger partial charge is 0.256 e. The van der Waals surface area contributed by atoms with E-state index in [2.05, 4.69) is 15.1 Å². The van der Waals surface area contributed by atoms with E-state index in [1.54, 1.807) is 35.0 Å². The molecule has 2 aromatic heterocycles. The zero-order valence-corrected chi connectivity index (χ0v) is 13.4. The normalized spacial score (nSPS) is 12.0. The molecule has 0 radical (unpaired) electrons. The summed E-state index contributed by atoms with van der Waals surface area (Å²) in [5.74, 6) is 0. The monoisotopic (exact) mass is 355 g/mol. The minimum atomic E-state index is -4.42. The first-order valence-corrected chi connectivity index (χ1v) is 7.52. The summed E-state index contributed by atoms with van der Waals surface area (Å²) in [6.07, 6.45) is 0.997.